The van der Waals surface area contributed by atoms with E-state index in [1.807, 2.05) is 6.07 Å². The van der Waals surface area contributed by atoms with E-state index < -0.39 is 4.92 Å². The van der Waals surface area contributed by atoms with Crippen LogP contribution in [-0.4, -0.2) is 24.1 Å². The predicted molar refractivity (Wildman–Crippen MR) is 71.9 cm³/mol. The number of rotatable bonds is 3. The first-order valence-electron chi connectivity index (χ1n) is 6.36. The minimum absolute atomic E-state index is 0.0545. The molecule has 19 heavy (non-hydrogen) atoms. The molecule has 0 aliphatic carbocycles. The predicted octanol–water partition coefficient (Wildman–Crippen LogP) is 2.02. The Balaban J connectivity index is 2.15. The molecule has 100 valence electrons. The molecule has 0 aromatic heterocycles. The van der Waals surface area contributed by atoms with E-state index in [4.69, 9.17) is 5.26 Å². The van der Waals surface area contributed by atoms with E-state index >= 15 is 0 Å². The highest BCUT2D eigenvalue weighted by molar-refractivity contribution is 5.61. The van der Waals surface area contributed by atoms with E-state index in [0.29, 0.717) is 11.3 Å². The van der Waals surface area contributed by atoms with Crippen LogP contribution in [0.5, 0.6) is 0 Å². The molecule has 2 N–H and O–H groups in total. The number of anilines is 1. The molecule has 1 unspecified atom stereocenters. The molecule has 1 atom stereocenters. The lowest BCUT2D eigenvalue weighted by molar-refractivity contribution is -0.384. The molecule has 0 amide bonds. The molecular formula is C13H16N4O2. The molecule has 1 aliphatic heterocycles. The van der Waals surface area contributed by atoms with Crippen LogP contribution in [0.2, 0.25) is 0 Å². The minimum Gasteiger partial charge on any atom is -0.380 e. The van der Waals surface area contributed by atoms with Gasteiger partial charge in [-0.25, -0.2) is 0 Å². The largest absolute Gasteiger partial charge is 0.380 e. The van der Waals surface area contributed by atoms with Crippen LogP contribution in [-0.2, 0) is 0 Å². The third-order valence-corrected chi connectivity index (χ3v) is 3.24. The van der Waals surface area contributed by atoms with Crippen LogP contribution in [0.3, 0.4) is 0 Å². The molecular weight excluding hydrogens is 244 g/mol. The number of hydrogen-bond donors (Lipinski definition) is 2. The van der Waals surface area contributed by atoms with E-state index in [-0.39, 0.29) is 11.7 Å². The average molecular weight is 260 g/mol. The number of nitriles is 1. The van der Waals surface area contributed by atoms with E-state index in [1.54, 1.807) is 6.07 Å². The summed E-state index contributed by atoms with van der Waals surface area (Å²) in [5.74, 6) is 0. The highest BCUT2D eigenvalue weighted by Gasteiger charge is 2.15. The second-order valence-electron chi connectivity index (χ2n) is 4.64. The van der Waals surface area contributed by atoms with Crippen molar-refractivity contribution in [3.8, 4) is 6.07 Å². The second-order valence-corrected chi connectivity index (χ2v) is 4.64. The van der Waals surface area contributed by atoms with Crippen LogP contribution in [0, 0.1) is 21.4 Å². The fourth-order valence-corrected chi connectivity index (χ4v) is 2.23. The topological polar surface area (TPSA) is 91.0 Å². The van der Waals surface area contributed by atoms with Crippen molar-refractivity contribution in [1.29, 1.82) is 5.26 Å². The molecule has 0 radical (unpaired) electrons. The molecule has 0 saturated carbocycles. The van der Waals surface area contributed by atoms with Crippen LogP contribution in [0.1, 0.15) is 24.8 Å². The molecule has 6 heteroatoms. The van der Waals surface area contributed by atoms with Crippen molar-refractivity contribution in [2.75, 3.05) is 18.4 Å². The Bertz CT molecular complexity index is 502. The Morgan fingerprint density at radius 2 is 2.32 bits per heavy atom. The maximum atomic E-state index is 10.7. The van der Waals surface area contributed by atoms with Gasteiger partial charge >= 0.3 is 0 Å². The molecule has 1 aromatic carbocycles. The van der Waals surface area contributed by atoms with E-state index in [1.165, 1.54) is 12.1 Å². The monoisotopic (exact) mass is 260 g/mol. The van der Waals surface area contributed by atoms with Gasteiger partial charge in [-0.1, -0.05) is 6.42 Å². The fraction of sp³-hybridized carbons (Fsp3) is 0.462. The molecule has 6 nitrogen and oxygen atoms in total. The SMILES string of the molecule is N#Cc1cc([N+](=O)[O-])ccc1NC1CCCCNC1. The van der Waals surface area contributed by atoms with Crippen LogP contribution in [0.4, 0.5) is 11.4 Å². The molecule has 1 fully saturated rings. The van der Waals surface area contributed by atoms with Crippen molar-refractivity contribution in [2.24, 2.45) is 0 Å². The van der Waals surface area contributed by atoms with Gasteiger partial charge in [-0.2, -0.15) is 5.26 Å². The van der Waals surface area contributed by atoms with Crippen LogP contribution in [0.25, 0.3) is 0 Å². The average Bonchev–Trinajstić information content (AvgIpc) is 2.67. The van der Waals surface area contributed by atoms with Gasteiger partial charge in [-0.15, -0.1) is 0 Å². The Hall–Kier alpha value is -2.13. The third kappa shape index (κ3) is 3.42. The lowest BCUT2D eigenvalue weighted by atomic mass is 10.1. The smallest absolute Gasteiger partial charge is 0.270 e. The molecule has 2 rings (SSSR count). The zero-order valence-electron chi connectivity index (χ0n) is 10.6. The highest BCUT2D eigenvalue weighted by atomic mass is 16.6. The van der Waals surface area contributed by atoms with E-state index in [0.717, 1.165) is 32.4 Å². The van der Waals surface area contributed by atoms with E-state index in [9.17, 15) is 10.1 Å². The Kier molecular flexibility index (Phi) is 4.31. The van der Waals surface area contributed by atoms with Gasteiger partial charge in [-0.05, 0) is 25.5 Å². The third-order valence-electron chi connectivity index (χ3n) is 3.24. The molecule has 0 spiro atoms. The van der Waals surface area contributed by atoms with Gasteiger partial charge in [0.2, 0.25) is 0 Å². The maximum absolute atomic E-state index is 10.7. The Morgan fingerprint density at radius 1 is 1.47 bits per heavy atom. The number of nitrogens with one attached hydrogen (secondary N) is 2. The van der Waals surface area contributed by atoms with Gasteiger partial charge in [0, 0.05) is 24.7 Å². The number of benzene rings is 1. The molecule has 0 bridgehead atoms. The van der Waals surface area contributed by atoms with Gasteiger partial charge in [0.05, 0.1) is 16.2 Å². The van der Waals surface area contributed by atoms with Crippen molar-refractivity contribution in [1.82, 2.24) is 5.32 Å². The number of nitro groups is 1. The lowest BCUT2D eigenvalue weighted by Crippen LogP contribution is -2.31. The highest BCUT2D eigenvalue weighted by Crippen LogP contribution is 2.23. The summed E-state index contributed by atoms with van der Waals surface area (Å²) in [6.45, 7) is 1.87. The van der Waals surface area contributed by atoms with Gasteiger partial charge < -0.3 is 10.6 Å². The second kappa shape index (κ2) is 6.16. The van der Waals surface area contributed by atoms with Crippen LogP contribution in [0.15, 0.2) is 18.2 Å². The summed E-state index contributed by atoms with van der Waals surface area (Å²) in [7, 11) is 0. The van der Waals surface area contributed by atoms with Crippen LogP contribution >= 0.6 is 0 Å². The first-order chi connectivity index (χ1) is 9.20. The number of nitrogens with zero attached hydrogens (tertiary/aromatic N) is 2. The number of non-ortho nitro benzene ring substituents is 1. The summed E-state index contributed by atoms with van der Waals surface area (Å²) in [4.78, 5) is 10.2. The van der Waals surface area contributed by atoms with Gasteiger partial charge in [0.25, 0.3) is 5.69 Å². The van der Waals surface area contributed by atoms with Gasteiger partial charge in [0.15, 0.2) is 0 Å². The summed E-state index contributed by atoms with van der Waals surface area (Å²) in [6.07, 6.45) is 3.33. The summed E-state index contributed by atoms with van der Waals surface area (Å²) in [5, 5.41) is 26.4. The van der Waals surface area contributed by atoms with Crippen molar-refractivity contribution in [2.45, 2.75) is 25.3 Å². The first kappa shape index (κ1) is 13.3. The molecule has 1 saturated heterocycles. The zero-order valence-corrected chi connectivity index (χ0v) is 10.6. The van der Waals surface area contributed by atoms with Gasteiger partial charge in [-0.3, -0.25) is 10.1 Å². The van der Waals surface area contributed by atoms with Crippen molar-refractivity contribution in [3.05, 3.63) is 33.9 Å². The van der Waals surface area contributed by atoms with Crippen molar-refractivity contribution in [3.63, 3.8) is 0 Å². The normalized spacial score (nSPS) is 19.2. The maximum Gasteiger partial charge on any atom is 0.270 e. The Morgan fingerprint density at radius 3 is 3.05 bits per heavy atom. The van der Waals surface area contributed by atoms with Gasteiger partial charge in [0.1, 0.15) is 6.07 Å². The summed E-state index contributed by atoms with van der Waals surface area (Å²) in [5.41, 5.74) is 0.932. The molecule has 1 heterocycles. The van der Waals surface area contributed by atoms with E-state index in [2.05, 4.69) is 10.6 Å². The lowest BCUT2D eigenvalue weighted by Gasteiger charge is -2.18. The zero-order chi connectivity index (χ0) is 13.7. The van der Waals surface area contributed by atoms with Crippen molar-refractivity contribution < 1.29 is 4.92 Å². The van der Waals surface area contributed by atoms with Crippen LogP contribution < -0.4 is 10.6 Å². The Labute approximate surface area is 111 Å². The summed E-state index contributed by atoms with van der Waals surface area (Å²) >= 11 is 0. The standard InChI is InChI=1S/C13H16N4O2/c14-8-10-7-12(17(18)19)4-5-13(10)16-11-3-1-2-6-15-9-11/h4-5,7,11,15-16H,1-3,6,9H2. The number of hydrogen-bond acceptors (Lipinski definition) is 5. The first-order valence-corrected chi connectivity index (χ1v) is 6.36. The summed E-state index contributed by atoms with van der Waals surface area (Å²) < 4.78 is 0. The fourth-order valence-electron chi connectivity index (χ4n) is 2.23. The minimum atomic E-state index is -0.488. The number of nitro benzene ring substituents is 1. The molecule has 1 aromatic rings. The summed E-state index contributed by atoms with van der Waals surface area (Å²) in [6, 6.07) is 6.62. The quantitative estimate of drug-likeness (QED) is 0.641. The van der Waals surface area contributed by atoms with Crippen molar-refractivity contribution >= 4 is 11.4 Å². The molecule has 1 aliphatic rings.